The third-order valence-corrected chi connectivity index (χ3v) is 4.34. The Balaban J connectivity index is 2.23. The molecule has 6 nitrogen and oxygen atoms in total. The lowest BCUT2D eigenvalue weighted by molar-refractivity contribution is -0.310. The molecule has 0 radical (unpaired) electrons. The van der Waals surface area contributed by atoms with E-state index in [0.717, 1.165) is 6.42 Å². The van der Waals surface area contributed by atoms with Crippen LogP contribution >= 0.6 is 0 Å². The molecule has 4 atom stereocenters. The van der Waals surface area contributed by atoms with Crippen molar-refractivity contribution in [2.45, 2.75) is 44.7 Å². The summed E-state index contributed by atoms with van der Waals surface area (Å²) in [5.41, 5.74) is 0.280. The van der Waals surface area contributed by atoms with E-state index < -0.39 is 23.8 Å². The summed E-state index contributed by atoms with van der Waals surface area (Å²) in [4.78, 5) is 23.9. The third kappa shape index (κ3) is 3.71. The topological polar surface area (TPSA) is 82.1 Å². The maximum Gasteiger partial charge on any atom is 0.350 e. The van der Waals surface area contributed by atoms with Gasteiger partial charge in [-0.05, 0) is 31.4 Å². The summed E-state index contributed by atoms with van der Waals surface area (Å²) in [5.74, 6) is -3.21. The van der Waals surface area contributed by atoms with Crippen LogP contribution in [0.1, 0.15) is 37.0 Å². The Bertz CT molecular complexity index is 557. The number of carbonyl (C=O) groups excluding carboxylic acids is 1. The van der Waals surface area contributed by atoms with Crippen LogP contribution in [0.3, 0.4) is 0 Å². The van der Waals surface area contributed by atoms with Gasteiger partial charge < -0.3 is 19.3 Å². The molecule has 0 aromatic heterocycles. The van der Waals surface area contributed by atoms with Crippen molar-refractivity contribution in [1.29, 1.82) is 0 Å². The predicted molar refractivity (Wildman–Crippen MR) is 82.0 cm³/mol. The number of hydrogen-bond acceptors (Lipinski definition) is 5. The molecule has 1 N–H and O–H groups in total. The van der Waals surface area contributed by atoms with Crippen LogP contribution in [0.25, 0.3) is 0 Å². The van der Waals surface area contributed by atoms with Crippen LogP contribution < -0.4 is 0 Å². The molecule has 1 fully saturated rings. The Morgan fingerprint density at radius 1 is 1.30 bits per heavy atom. The predicted octanol–water partition coefficient (Wildman–Crippen LogP) is 2.47. The molecule has 2 rings (SSSR count). The molecule has 1 aromatic carbocycles. The fraction of sp³-hybridized carbons (Fsp3) is 0.529. The Morgan fingerprint density at radius 2 is 1.96 bits per heavy atom. The summed E-state index contributed by atoms with van der Waals surface area (Å²) in [5, 5.41) is 9.53. The van der Waals surface area contributed by atoms with Gasteiger partial charge in [0.15, 0.2) is 0 Å². The number of benzene rings is 1. The van der Waals surface area contributed by atoms with Gasteiger partial charge >= 0.3 is 11.9 Å². The third-order valence-electron chi connectivity index (χ3n) is 4.34. The lowest BCUT2D eigenvalue weighted by Crippen LogP contribution is -2.57. The largest absolute Gasteiger partial charge is 0.478 e. The van der Waals surface area contributed by atoms with E-state index in [1.54, 1.807) is 30.3 Å². The molecule has 126 valence electrons. The average Bonchev–Trinajstić information content (AvgIpc) is 2.56. The van der Waals surface area contributed by atoms with Crippen LogP contribution in [0.15, 0.2) is 30.3 Å². The van der Waals surface area contributed by atoms with Crippen molar-refractivity contribution >= 4 is 11.9 Å². The van der Waals surface area contributed by atoms with Crippen molar-refractivity contribution in [2.24, 2.45) is 5.92 Å². The van der Waals surface area contributed by atoms with Gasteiger partial charge in [0.1, 0.15) is 0 Å². The maximum absolute atomic E-state index is 12.2. The van der Waals surface area contributed by atoms with Crippen molar-refractivity contribution in [3.8, 4) is 0 Å². The Labute approximate surface area is 135 Å². The first-order valence-corrected chi connectivity index (χ1v) is 7.61. The van der Waals surface area contributed by atoms with Gasteiger partial charge in [-0.2, -0.15) is 0 Å². The zero-order valence-electron chi connectivity index (χ0n) is 13.5. The molecule has 6 heteroatoms. The molecular formula is C17H22O6. The van der Waals surface area contributed by atoms with E-state index in [9.17, 15) is 14.7 Å². The molecule has 1 aliphatic heterocycles. The Morgan fingerprint density at radius 3 is 2.48 bits per heavy atom. The highest BCUT2D eigenvalue weighted by molar-refractivity contribution is 5.91. The average molecular weight is 322 g/mol. The van der Waals surface area contributed by atoms with Gasteiger partial charge in [0.05, 0.1) is 11.7 Å². The summed E-state index contributed by atoms with van der Waals surface area (Å²) in [6.45, 7) is 3.88. The van der Waals surface area contributed by atoms with Crippen molar-refractivity contribution in [2.75, 3.05) is 7.11 Å². The number of aliphatic carboxylic acids is 1. The molecule has 23 heavy (non-hydrogen) atoms. The van der Waals surface area contributed by atoms with Gasteiger partial charge in [0, 0.05) is 13.5 Å². The summed E-state index contributed by atoms with van der Waals surface area (Å²) in [6, 6.07) is 8.24. The number of rotatable bonds is 5. The molecule has 0 unspecified atom stereocenters. The first kappa shape index (κ1) is 17.4. The number of methoxy groups -OCH3 is 1. The standard InChI is InChI=1S/C17H22O6/c1-11-9-10-17(21-3,23-12(11)2)14(15(18)19)22-16(20)13-7-5-4-6-8-13/h4-8,11-12,14H,9-10H2,1-3H3,(H,18,19)/t11-,12-,14-,17-/m1/s1. The molecule has 1 heterocycles. The second kappa shape index (κ2) is 7.10. The highest BCUT2D eigenvalue weighted by Gasteiger charge is 2.51. The van der Waals surface area contributed by atoms with Crippen molar-refractivity contribution in [3.63, 3.8) is 0 Å². The minimum absolute atomic E-state index is 0.194. The highest BCUT2D eigenvalue weighted by atomic mass is 16.7. The van der Waals surface area contributed by atoms with Gasteiger partial charge in [0.2, 0.25) is 5.79 Å². The lowest BCUT2D eigenvalue weighted by atomic mass is 9.89. The summed E-state index contributed by atoms with van der Waals surface area (Å²) >= 11 is 0. The molecular weight excluding hydrogens is 300 g/mol. The van der Waals surface area contributed by atoms with E-state index in [-0.39, 0.29) is 17.6 Å². The Hall–Kier alpha value is -1.92. The number of ether oxygens (including phenoxy) is 3. The van der Waals surface area contributed by atoms with E-state index in [1.807, 2.05) is 13.8 Å². The molecule has 0 spiro atoms. The van der Waals surface area contributed by atoms with Gasteiger partial charge in [-0.3, -0.25) is 0 Å². The number of esters is 1. The summed E-state index contributed by atoms with van der Waals surface area (Å²) in [6.07, 6.45) is -0.661. The molecule has 0 bridgehead atoms. The van der Waals surface area contributed by atoms with E-state index in [1.165, 1.54) is 7.11 Å². The summed E-state index contributed by atoms with van der Waals surface area (Å²) < 4.78 is 16.4. The van der Waals surface area contributed by atoms with Crippen LogP contribution in [0.4, 0.5) is 0 Å². The quantitative estimate of drug-likeness (QED) is 0.839. The minimum atomic E-state index is -1.53. The van der Waals surface area contributed by atoms with Crippen molar-refractivity contribution in [1.82, 2.24) is 0 Å². The summed E-state index contributed by atoms with van der Waals surface area (Å²) in [7, 11) is 1.37. The second-order valence-corrected chi connectivity index (χ2v) is 5.84. The van der Waals surface area contributed by atoms with E-state index in [0.29, 0.717) is 6.42 Å². The van der Waals surface area contributed by atoms with Crippen LogP contribution in [0, 0.1) is 5.92 Å². The smallest absolute Gasteiger partial charge is 0.350 e. The van der Waals surface area contributed by atoms with Crippen LogP contribution in [0.2, 0.25) is 0 Å². The fourth-order valence-corrected chi connectivity index (χ4v) is 2.68. The first-order chi connectivity index (χ1) is 10.9. The molecule has 1 aliphatic rings. The zero-order chi connectivity index (χ0) is 17.0. The number of carboxylic acids is 1. The van der Waals surface area contributed by atoms with E-state index in [2.05, 4.69) is 0 Å². The molecule has 0 aliphatic carbocycles. The van der Waals surface area contributed by atoms with Crippen molar-refractivity contribution < 1.29 is 28.9 Å². The number of hydrogen-bond donors (Lipinski definition) is 1. The minimum Gasteiger partial charge on any atom is -0.478 e. The Kier molecular flexibility index (Phi) is 5.38. The monoisotopic (exact) mass is 322 g/mol. The zero-order valence-corrected chi connectivity index (χ0v) is 13.5. The van der Waals surface area contributed by atoms with E-state index >= 15 is 0 Å². The maximum atomic E-state index is 12.2. The van der Waals surface area contributed by atoms with Crippen molar-refractivity contribution in [3.05, 3.63) is 35.9 Å². The van der Waals surface area contributed by atoms with Gasteiger partial charge in [0.25, 0.3) is 6.10 Å². The molecule has 0 saturated carbocycles. The van der Waals surface area contributed by atoms with E-state index in [4.69, 9.17) is 14.2 Å². The van der Waals surface area contributed by atoms with Crippen LogP contribution in [-0.4, -0.2) is 42.1 Å². The van der Waals surface area contributed by atoms with Gasteiger partial charge in [-0.25, -0.2) is 9.59 Å². The lowest BCUT2D eigenvalue weighted by Gasteiger charge is -2.43. The highest BCUT2D eigenvalue weighted by Crippen LogP contribution is 2.37. The fourth-order valence-electron chi connectivity index (χ4n) is 2.68. The molecule has 0 amide bonds. The molecule has 1 saturated heterocycles. The molecule has 1 aromatic rings. The SMILES string of the molecule is CO[C@]1([C@H](OC(=O)c2ccccc2)C(=O)O)CC[C@@H](C)[C@@H](C)O1. The number of carboxylic acid groups (broad SMARTS) is 1. The number of carbonyl (C=O) groups is 2. The van der Waals surface area contributed by atoms with Crippen LogP contribution in [-0.2, 0) is 19.0 Å². The second-order valence-electron chi connectivity index (χ2n) is 5.84. The first-order valence-electron chi connectivity index (χ1n) is 7.61. The van der Waals surface area contributed by atoms with Gasteiger partial charge in [-0.15, -0.1) is 0 Å². The van der Waals surface area contributed by atoms with Gasteiger partial charge in [-0.1, -0.05) is 25.1 Å². The normalized spacial score (nSPS) is 28.8. The van der Waals surface area contributed by atoms with Crippen LogP contribution in [0.5, 0.6) is 0 Å².